The molecule has 9 heteroatoms. The fourth-order valence-electron chi connectivity index (χ4n) is 4.03. The summed E-state index contributed by atoms with van der Waals surface area (Å²) in [5, 5.41) is 21.1. The molecule has 4 aromatic heterocycles. The highest BCUT2D eigenvalue weighted by atomic mass is 15.3. The van der Waals surface area contributed by atoms with Crippen molar-refractivity contribution in [2.24, 2.45) is 5.92 Å². The summed E-state index contributed by atoms with van der Waals surface area (Å²) in [7, 11) is 0. The molecule has 4 aromatic rings. The van der Waals surface area contributed by atoms with Crippen molar-refractivity contribution in [2.45, 2.75) is 31.7 Å². The van der Waals surface area contributed by atoms with Gasteiger partial charge in [0.25, 0.3) is 0 Å². The summed E-state index contributed by atoms with van der Waals surface area (Å²) in [5.41, 5.74) is 2.90. The standard InChI is InChI=1S/C18H17N9/c1-10-4-11(24-15-8-21-12(6-19)7-22-15)5-13(10)18-26-25-16-9-23-17-14(27(16)18)2-3-20-17/h2-3,7-11,13,20H,4-5H2,1H3,(H,22,24)/t10-,11+,13+/m1/s1. The topological polar surface area (TPSA) is 120 Å². The third kappa shape index (κ3) is 2.57. The zero-order valence-electron chi connectivity index (χ0n) is 14.7. The summed E-state index contributed by atoms with van der Waals surface area (Å²) in [4.78, 5) is 15.9. The number of anilines is 1. The number of H-pyrrole nitrogens is 1. The summed E-state index contributed by atoms with van der Waals surface area (Å²) in [5.74, 6) is 2.39. The van der Waals surface area contributed by atoms with Gasteiger partial charge in [-0.05, 0) is 24.8 Å². The molecule has 1 fully saturated rings. The first-order chi connectivity index (χ1) is 13.2. The van der Waals surface area contributed by atoms with Crippen LogP contribution in [0.15, 0.2) is 30.9 Å². The number of fused-ring (bicyclic) bond motifs is 3. The molecule has 1 aliphatic rings. The van der Waals surface area contributed by atoms with Crippen LogP contribution in [0.4, 0.5) is 5.82 Å². The Bertz CT molecular complexity index is 1150. The number of aromatic amines is 1. The quantitative estimate of drug-likeness (QED) is 0.575. The summed E-state index contributed by atoms with van der Waals surface area (Å²) >= 11 is 0. The molecule has 0 spiro atoms. The van der Waals surface area contributed by atoms with E-state index < -0.39 is 0 Å². The minimum Gasteiger partial charge on any atom is -0.366 e. The van der Waals surface area contributed by atoms with Crippen LogP contribution in [-0.2, 0) is 0 Å². The Morgan fingerprint density at radius 1 is 1.19 bits per heavy atom. The molecule has 0 radical (unpaired) electrons. The number of rotatable bonds is 3. The Morgan fingerprint density at radius 3 is 2.93 bits per heavy atom. The molecule has 2 N–H and O–H groups in total. The van der Waals surface area contributed by atoms with Crippen LogP contribution in [0.2, 0.25) is 0 Å². The molecule has 0 saturated heterocycles. The maximum Gasteiger partial charge on any atom is 0.179 e. The van der Waals surface area contributed by atoms with Crippen LogP contribution in [0.25, 0.3) is 16.8 Å². The first kappa shape index (κ1) is 15.7. The highest BCUT2D eigenvalue weighted by Gasteiger charge is 2.35. The lowest BCUT2D eigenvalue weighted by Crippen LogP contribution is -2.17. The number of nitrogens with one attached hydrogen (secondary N) is 2. The monoisotopic (exact) mass is 359 g/mol. The van der Waals surface area contributed by atoms with Gasteiger partial charge in [0, 0.05) is 18.2 Å². The van der Waals surface area contributed by atoms with Crippen LogP contribution >= 0.6 is 0 Å². The number of hydrogen-bond donors (Lipinski definition) is 2. The van der Waals surface area contributed by atoms with Crippen LogP contribution in [0.3, 0.4) is 0 Å². The van der Waals surface area contributed by atoms with Crippen molar-refractivity contribution in [3.8, 4) is 6.07 Å². The average Bonchev–Trinajstić information content (AvgIpc) is 3.39. The number of hydrogen-bond acceptors (Lipinski definition) is 7. The van der Waals surface area contributed by atoms with Crippen molar-refractivity contribution in [1.29, 1.82) is 5.26 Å². The maximum atomic E-state index is 8.84. The lowest BCUT2D eigenvalue weighted by atomic mass is 9.97. The fraction of sp³-hybridized carbons (Fsp3) is 0.333. The Kier molecular flexibility index (Phi) is 3.50. The van der Waals surface area contributed by atoms with Crippen LogP contribution in [0.5, 0.6) is 0 Å². The van der Waals surface area contributed by atoms with Crippen LogP contribution in [-0.4, -0.2) is 40.6 Å². The minimum atomic E-state index is 0.267. The Balaban J connectivity index is 1.43. The molecule has 0 bridgehead atoms. The average molecular weight is 359 g/mol. The third-order valence-corrected chi connectivity index (χ3v) is 5.30. The van der Waals surface area contributed by atoms with Gasteiger partial charge in [0.05, 0.1) is 24.1 Å². The second kappa shape index (κ2) is 6.02. The molecule has 134 valence electrons. The highest BCUT2D eigenvalue weighted by Crippen LogP contribution is 2.40. The summed E-state index contributed by atoms with van der Waals surface area (Å²) < 4.78 is 2.10. The molecule has 9 nitrogen and oxygen atoms in total. The molecule has 1 saturated carbocycles. The molecule has 0 aliphatic heterocycles. The first-order valence-corrected chi connectivity index (χ1v) is 8.88. The minimum absolute atomic E-state index is 0.267. The predicted octanol–water partition coefficient (Wildman–Crippen LogP) is 2.26. The Hall–Kier alpha value is -3.54. The van der Waals surface area contributed by atoms with Gasteiger partial charge in [-0.3, -0.25) is 4.40 Å². The van der Waals surface area contributed by atoms with E-state index in [0.29, 0.717) is 17.4 Å². The molecule has 0 amide bonds. The van der Waals surface area contributed by atoms with Crippen LogP contribution in [0.1, 0.15) is 37.2 Å². The van der Waals surface area contributed by atoms with Gasteiger partial charge in [-0.25, -0.2) is 15.0 Å². The lowest BCUT2D eigenvalue weighted by molar-refractivity contribution is 0.507. The van der Waals surface area contributed by atoms with Gasteiger partial charge in [0.15, 0.2) is 17.0 Å². The van der Waals surface area contributed by atoms with Crippen LogP contribution < -0.4 is 5.32 Å². The highest BCUT2D eigenvalue weighted by molar-refractivity contribution is 5.74. The molecule has 0 unspecified atom stereocenters. The molecule has 5 rings (SSSR count). The van der Waals surface area contributed by atoms with E-state index in [1.807, 2.05) is 18.3 Å². The van der Waals surface area contributed by atoms with Crippen molar-refractivity contribution in [3.05, 3.63) is 42.4 Å². The van der Waals surface area contributed by atoms with Gasteiger partial charge in [0.1, 0.15) is 17.7 Å². The van der Waals surface area contributed by atoms with Crippen LogP contribution in [0, 0.1) is 17.2 Å². The fourth-order valence-corrected chi connectivity index (χ4v) is 4.03. The van der Waals surface area contributed by atoms with E-state index in [-0.39, 0.29) is 12.0 Å². The van der Waals surface area contributed by atoms with Crippen molar-refractivity contribution in [2.75, 3.05) is 5.32 Å². The molecule has 27 heavy (non-hydrogen) atoms. The summed E-state index contributed by atoms with van der Waals surface area (Å²) in [6.07, 6.45) is 8.66. The van der Waals surface area contributed by atoms with E-state index >= 15 is 0 Å². The normalized spacial score (nSPS) is 22.3. The van der Waals surface area contributed by atoms with Gasteiger partial charge >= 0.3 is 0 Å². The van der Waals surface area contributed by atoms with Gasteiger partial charge in [-0.15, -0.1) is 10.2 Å². The lowest BCUT2D eigenvalue weighted by Gasteiger charge is -2.14. The SMILES string of the molecule is C[C@@H]1C[C@H](Nc2cnc(C#N)cn2)C[C@@H]1c1nnc2cnc3[nH]ccc3n12. The maximum absolute atomic E-state index is 8.84. The molecular formula is C18H17N9. The molecule has 0 aromatic carbocycles. The van der Waals surface area contributed by atoms with E-state index in [1.165, 1.54) is 6.20 Å². The smallest absolute Gasteiger partial charge is 0.179 e. The Labute approximate surface area is 154 Å². The first-order valence-electron chi connectivity index (χ1n) is 8.88. The summed E-state index contributed by atoms with van der Waals surface area (Å²) in [6.45, 7) is 2.24. The molecule has 4 heterocycles. The van der Waals surface area contributed by atoms with E-state index in [2.05, 4.69) is 46.8 Å². The van der Waals surface area contributed by atoms with E-state index in [4.69, 9.17) is 5.26 Å². The van der Waals surface area contributed by atoms with Crippen molar-refractivity contribution in [3.63, 3.8) is 0 Å². The van der Waals surface area contributed by atoms with Gasteiger partial charge in [-0.2, -0.15) is 5.26 Å². The number of aromatic nitrogens is 7. The number of nitriles is 1. The zero-order chi connectivity index (χ0) is 18.4. The Morgan fingerprint density at radius 2 is 2.11 bits per heavy atom. The number of nitrogens with zero attached hydrogens (tertiary/aromatic N) is 7. The van der Waals surface area contributed by atoms with Gasteiger partial charge in [0.2, 0.25) is 0 Å². The van der Waals surface area contributed by atoms with Crippen molar-refractivity contribution < 1.29 is 0 Å². The van der Waals surface area contributed by atoms with E-state index in [9.17, 15) is 0 Å². The third-order valence-electron chi connectivity index (χ3n) is 5.30. The largest absolute Gasteiger partial charge is 0.366 e. The second-order valence-electron chi connectivity index (χ2n) is 7.02. The second-order valence-corrected chi connectivity index (χ2v) is 7.02. The summed E-state index contributed by atoms with van der Waals surface area (Å²) in [6, 6.07) is 4.25. The molecular weight excluding hydrogens is 342 g/mol. The predicted molar refractivity (Wildman–Crippen MR) is 97.9 cm³/mol. The van der Waals surface area contributed by atoms with Crippen molar-refractivity contribution in [1.82, 2.24) is 34.5 Å². The molecule has 1 aliphatic carbocycles. The van der Waals surface area contributed by atoms with Gasteiger partial charge < -0.3 is 10.3 Å². The molecule has 3 atom stereocenters. The van der Waals surface area contributed by atoms with Crippen molar-refractivity contribution >= 4 is 22.6 Å². The van der Waals surface area contributed by atoms with Gasteiger partial charge in [-0.1, -0.05) is 6.92 Å². The van der Waals surface area contributed by atoms with E-state index in [0.717, 1.165) is 35.5 Å². The zero-order valence-corrected chi connectivity index (χ0v) is 14.7. The van der Waals surface area contributed by atoms with E-state index in [1.54, 1.807) is 12.4 Å².